The van der Waals surface area contributed by atoms with Gasteiger partial charge in [-0.2, -0.15) is 0 Å². The summed E-state index contributed by atoms with van der Waals surface area (Å²) in [6.07, 6.45) is 1.35. The summed E-state index contributed by atoms with van der Waals surface area (Å²) in [5, 5.41) is 8.73. The molecule has 0 bridgehead atoms. The fourth-order valence-electron chi connectivity index (χ4n) is 1.31. The summed E-state index contributed by atoms with van der Waals surface area (Å²) < 4.78 is 5.17. The zero-order valence-corrected chi connectivity index (χ0v) is 8.52. The molecule has 1 rings (SSSR count). The van der Waals surface area contributed by atoms with E-state index in [0.717, 1.165) is 5.69 Å². The van der Waals surface area contributed by atoms with Crippen molar-refractivity contribution < 1.29 is 14.3 Å². The molecule has 5 nitrogen and oxygen atoms in total. The van der Waals surface area contributed by atoms with Gasteiger partial charge in [0.05, 0.1) is 18.2 Å². The first-order valence-corrected chi connectivity index (χ1v) is 4.30. The van der Waals surface area contributed by atoms with Crippen LogP contribution in [-0.4, -0.2) is 35.1 Å². The Bertz CT molecular complexity index is 320. The molecule has 0 saturated heterocycles. The second-order valence-electron chi connectivity index (χ2n) is 3.38. The highest BCUT2D eigenvalue weighted by Gasteiger charge is 2.22. The summed E-state index contributed by atoms with van der Waals surface area (Å²) >= 11 is 0. The number of carbonyl (C=O) groups is 1. The summed E-state index contributed by atoms with van der Waals surface area (Å²) in [4.78, 5) is 16.4. The lowest BCUT2D eigenvalue weighted by Crippen LogP contribution is -2.23. The number of carboxylic acids is 1. The SMILES string of the molecule is Cc1ncoc1C(CC(=O)O)N(C)C. The molecule has 1 unspecified atom stereocenters. The highest BCUT2D eigenvalue weighted by molar-refractivity contribution is 5.67. The number of aliphatic carboxylic acids is 1. The molecule has 1 N–H and O–H groups in total. The van der Waals surface area contributed by atoms with Gasteiger partial charge in [-0.25, -0.2) is 4.98 Å². The normalized spacial score (nSPS) is 13.1. The Morgan fingerprint density at radius 2 is 2.36 bits per heavy atom. The van der Waals surface area contributed by atoms with Gasteiger partial charge in [0.1, 0.15) is 5.76 Å². The van der Waals surface area contributed by atoms with Crippen LogP contribution in [0.3, 0.4) is 0 Å². The Morgan fingerprint density at radius 1 is 1.71 bits per heavy atom. The van der Waals surface area contributed by atoms with Crippen LogP contribution in [0.4, 0.5) is 0 Å². The van der Waals surface area contributed by atoms with Gasteiger partial charge in [-0.1, -0.05) is 0 Å². The van der Waals surface area contributed by atoms with Gasteiger partial charge in [0.15, 0.2) is 6.39 Å². The minimum absolute atomic E-state index is 0.0169. The lowest BCUT2D eigenvalue weighted by molar-refractivity contribution is -0.138. The fourth-order valence-corrected chi connectivity index (χ4v) is 1.31. The first kappa shape index (κ1) is 10.7. The highest BCUT2D eigenvalue weighted by Crippen LogP contribution is 2.24. The third-order valence-electron chi connectivity index (χ3n) is 2.08. The molecule has 0 aromatic carbocycles. The van der Waals surface area contributed by atoms with Crippen molar-refractivity contribution in [2.75, 3.05) is 14.1 Å². The summed E-state index contributed by atoms with van der Waals surface area (Å²) in [5.74, 6) is -0.225. The largest absolute Gasteiger partial charge is 0.481 e. The van der Waals surface area contributed by atoms with E-state index in [-0.39, 0.29) is 12.5 Å². The summed E-state index contributed by atoms with van der Waals surface area (Å²) in [7, 11) is 3.63. The maximum atomic E-state index is 10.6. The van der Waals surface area contributed by atoms with E-state index in [1.807, 2.05) is 19.0 Å². The average molecular weight is 198 g/mol. The number of aromatic nitrogens is 1. The lowest BCUT2D eigenvalue weighted by atomic mass is 10.1. The van der Waals surface area contributed by atoms with Crippen molar-refractivity contribution in [2.24, 2.45) is 0 Å². The van der Waals surface area contributed by atoms with Crippen LogP contribution >= 0.6 is 0 Å². The highest BCUT2D eigenvalue weighted by atomic mass is 16.4. The zero-order valence-electron chi connectivity index (χ0n) is 8.52. The van der Waals surface area contributed by atoms with Gasteiger partial charge in [-0.15, -0.1) is 0 Å². The second kappa shape index (κ2) is 4.23. The number of nitrogens with zero attached hydrogens (tertiary/aromatic N) is 2. The molecule has 78 valence electrons. The van der Waals surface area contributed by atoms with E-state index in [0.29, 0.717) is 5.76 Å². The molecule has 1 atom stereocenters. The molecule has 0 amide bonds. The van der Waals surface area contributed by atoms with E-state index in [4.69, 9.17) is 9.52 Å². The predicted molar refractivity (Wildman–Crippen MR) is 49.9 cm³/mol. The molecule has 0 radical (unpaired) electrons. The van der Waals surface area contributed by atoms with Crippen LogP contribution in [0.5, 0.6) is 0 Å². The molecule has 0 saturated carbocycles. The van der Waals surface area contributed by atoms with Crippen LogP contribution < -0.4 is 0 Å². The van der Waals surface area contributed by atoms with Gasteiger partial charge in [-0.3, -0.25) is 9.69 Å². The van der Waals surface area contributed by atoms with Crippen LogP contribution in [-0.2, 0) is 4.79 Å². The van der Waals surface area contributed by atoms with Gasteiger partial charge in [-0.05, 0) is 21.0 Å². The Morgan fingerprint density at radius 3 is 2.71 bits per heavy atom. The summed E-state index contributed by atoms with van der Waals surface area (Å²) in [6.45, 7) is 1.80. The number of hydrogen-bond acceptors (Lipinski definition) is 4. The van der Waals surface area contributed by atoms with E-state index >= 15 is 0 Å². The number of hydrogen-bond donors (Lipinski definition) is 1. The number of aryl methyl sites for hydroxylation is 1. The Kier molecular flexibility index (Phi) is 3.24. The first-order valence-electron chi connectivity index (χ1n) is 4.30. The third kappa shape index (κ3) is 2.32. The van der Waals surface area contributed by atoms with Crippen LogP contribution in [0.2, 0.25) is 0 Å². The number of oxazole rings is 1. The minimum atomic E-state index is -0.848. The van der Waals surface area contributed by atoms with Crippen molar-refractivity contribution >= 4 is 5.97 Å². The van der Waals surface area contributed by atoms with E-state index in [2.05, 4.69) is 4.98 Å². The number of rotatable bonds is 4. The molecule has 5 heteroatoms. The smallest absolute Gasteiger partial charge is 0.305 e. The van der Waals surface area contributed by atoms with Gasteiger partial charge < -0.3 is 9.52 Å². The Hall–Kier alpha value is -1.36. The monoisotopic (exact) mass is 198 g/mol. The topological polar surface area (TPSA) is 66.6 Å². The van der Waals surface area contributed by atoms with Gasteiger partial charge in [0, 0.05) is 0 Å². The minimum Gasteiger partial charge on any atom is -0.481 e. The molecular weight excluding hydrogens is 184 g/mol. The maximum Gasteiger partial charge on any atom is 0.305 e. The van der Waals surface area contributed by atoms with Crippen molar-refractivity contribution in [2.45, 2.75) is 19.4 Å². The van der Waals surface area contributed by atoms with E-state index in [9.17, 15) is 4.79 Å². The van der Waals surface area contributed by atoms with E-state index in [1.165, 1.54) is 6.39 Å². The van der Waals surface area contributed by atoms with Crippen LogP contribution in [0.15, 0.2) is 10.8 Å². The van der Waals surface area contributed by atoms with Crippen LogP contribution in [0.25, 0.3) is 0 Å². The molecule has 1 aromatic heterocycles. The third-order valence-corrected chi connectivity index (χ3v) is 2.08. The van der Waals surface area contributed by atoms with Crippen LogP contribution in [0.1, 0.15) is 23.9 Å². The molecule has 0 aliphatic rings. The molecule has 1 heterocycles. The van der Waals surface area contributed by atoms with Crippen molar-refractivity contribution in [3.63, 3.8) is 0 Å². The summed E-state index contributed by atoms with van der Waals surface area (Å²) in [6, 6.07) is -0.255. The second-order valence-corrected chi connectivity index (χ2v) is 3.38. The quantitative estimate of drug-likeness (QED) is 0.783. The Labute approximate surface area is 82.4 Å². The lowest BCUT2D eigenvalue weighted by Gasteiger charge is -2.20. The van der Waals surface area contributed by atoms with Crippen molar-refractivity contribution in [1.29, 1.82) is 0 Å². The van der Waals surface area contributed by atoms with Crippen molar-refractivity contribution in [3.05, 3.63) is 17.8 Å². The summed E-state index contributed by atoms with van der Waals surface area (Å²) in [5.41, 5.74) is 0.741. The maximum absolute atomic E-state index is 10.6. The molecule has 0 aliphatic carbocycles. The van der Waals surface area contributed by atoms with Crippen molar-refractivity contribution in [3.8, 4) is 0 Å². The average Bonchev–Trinajstić information content (AvgIpc) is 2.46. The standard InChI is InChI=1S/C9H14N2O3/c1-6-9(14-5-10-6)7(11(2)3)4-8(12)13/h5,7H,4H2,1-3H3,(H,12,13). The van der Waals surface area contributed by atoms with Gasteiger partial charge in [0.2, 0.25) is 0 Å². The molecule has 1 aromatic rings. The van der Waals surface area contributed by atoms with Crippen LogP contribution in [0, 0.1) is 6.92 Å². The zero-order chi connectivity index (χ0) is 10.7. The van der Waals surface area contributed by atoms with E-state index < -0.39 is 5.97 Å². The Balaban J connectivity index is 2.88. The number of carboxylic acid groups (broad SMARTS) is 1. The van der Waals surface area contributed by atoms with Crippen molar-refractivity contribution in [1.82, 2.24) is 9.88 Å². The molecule has 0 spiro atoms. The van der Waals surface area contributed by atoms with E-state index in [1.54, 1.807) is 6.92 Å². The molecule has 14 heavy (non-hydrogen) atoms. The molecule has 0 fully saturated rings. The molecule has 0 aliphatic heterocycles. The molecular formula is C9H14N2O3. The first-order chi connectivity index (χ1) is 6.52. The fraction of sp³-hybridized carbons (Fsp3) is 0.556. The van der Waals surface area contributed by atoms with Gasteiger partial charge in [0.25, 0.3) is 0 Å². The van der Waals surface area contributed by atoms with Gasteiger partial charge >= 0.3 is 5.97 Å². The predicted octanol–water partition coefficient (Wildman–Crippen LogP) is 1.06.